The van der Waals surface area contributed by atoms with E-state index in [1.54, 1.807) is 31.3 Å². The Hall–Kier alpha value is -2.68. The number of carbonyl (C=O) groups is 3. The number of likely N-dealkylation sites (N-methyl/N-ethyl adjacent to an activating group) is 1. The lowest BCUT2D eigenvalue weighted by atomic mass is 9.70. The van der Waals surface area contributed by atoms with Gasteiger partial charge in [-0.1, -0.05) is 35.9 Å². The molecule has 1 spiro atoms. The fourth-order valence-corrected chi connectivity index (χ4v) is 6.46. The number of nitrogens with zero attached hydrogens (tertiary/aromatic N) is 3. The molecule has 3 aliphatic rings. The second-order valence-electron chi connectivity index (χ2n) is 9.46. The van der Waals surface area contributed by atoms with E-state index < -0.39 is 29.6 Å². The van der Waals surface area contributed by atoms with Crippen molar-refractivity contribution in [3.63, 3.8) is 0 Å². The number of halogens is 1. The van der Waals surface area contributed by atoms with Crippen molar-refractivity contribution in [3.05, 3.63) is 54.1 Å². The molecule has 9 heteroatoms. The highest BCUT2D eigenvalue weighted by molar-refractivity contribution is 6.34. The van der Waals surface area contributed by atoms with Gasteiger partial charge in [0.1, 0.15) is 11.6 Å². The lowest BCUT2D eigenvalue weighted by Gasteiger charge is -2.37. The number of ether oxygens (including phenoxy) is 1. The van der Waals surface area contributed by atoms with E-state index in [9.17, 15) is 19.5 Å². The highest BCUT2D eigenvalue weighted by atomic mass is 35.5. The number of aliphatic hydroxyl groups is 1. The number of hydrogen-bond acceptors (Lipinski definition) is 5. The maximum atomic E-state index is 14.3. The Morgan fingerprint density at radius 1 is 1.29 bits per heavy atom. The fourth-order valence-electron chi connectivity index (χ4n) is 6.13. The molecule has 5 atom stereocenters. The smallest absolute Gasteiger partial charge is 0.253 e. The van der Waals surface area contributed by atoms with Crippen LogP contribution >= 0.6 is 11.6 Å². The van der Waals surface area contributed by atoms with E-state index in [4.69, 9.17) is 16.3 Å². The molecular weight excluding hydrogens is 470 g/mol. The Bertz CT molecular complexity index is 1040. The van der Waals surface area contributed by atoms with E-state index in [1.807, 2.05) is 13.0 Å². The molecule has 2 bridgehead atoms. The zero-order valence-electron chi connectivity index (χ0n) is 20.2. The van der Waals surface area contributed by atoms with Gasteiger partial charge in [0.25, 0.3) is 5.91 Å². The van der Waals surface area contributed by atoms with Gasteiger partial charge in [-0.25, -0.2) is 0 Å². The molecule has 3 fully saturated rings. The van der Waals surface area contributed by atoms with Crippen LogP contribution in [-0.2, 0) is 19.1 Å². The van der Waals surface area contributed by atoms with Crippen LogP contribution in [0.1, 0.15) is 18.4 Å². The highest BCUT2D eigenvalue weighted by Crippen LogP contribution is 2.59. The maximum Gasteiger partial charge on any atom is 0.253 e. The molecule has 1 N–H and O–H groups in total. The highest BCUT2D eigenvalue weighted by Gasteiger charge is 2.74. The van der Waals surface area contributed by atoms with Crippen LogP contribution in [0.2, 0.25) is 5.02 Å². The van der Waals surface area contributed by atoms with Gasteiger partial charge >= 0.3 is 0 Å². The zero-order valence-corrected chi connectivity index (χ0v) is 20.9. The number of rotatable bonds is 9. The van der Waals surface area contributed by atoms with Crippen LogP contribution in [0.15, 0.2) is 43.5 Å². The molecule has 0 aromatic heterocycles. The summed E-state index contributed by atoms with van der Waals surface area (Å²) in [5.74, 6) is -2.37. The Morgan fingerprint density at radius 3 is 2.63 bits per heavy atom. The first-order valence-electron chi connectivity index (χ1n) is 11.9. The molecule has 3 saturated heterocycles. The summed E-state index contributed by atoms with van der Waals surface area (Å²) in [6, 6.07) is 4.39. The van der Waals surface area contributed by atoms with E-state index in [1.165, 1.54) is 14.7 Å². The summed E-state index contributed by atoms with van der Waals surface area (Å²) in [6.07, 6.45) is 3.84. The number of amides is 3. The number of fused-ring (bicyclic) bond motifs is 1. The minimum Gasteiger partial charge on any atom is -0.395 e. The molecule has 3 heterocycles. The number of benzene rings is 1. The van der Waals surface area contributed by atoms with Crippen molar-refractivity contribution >= 4 is 35.0 Å². The number of carbonyl (C=O) groups excluding carboxylic acids is 3. The van der Waals surface area contributed by atoms with E-state index in [0.717, 1.165) is 5.56 Å². The lowest BCUT2D eigenvalue weighted by Crippen LogP contribution is -2.57. The van der Waals surface area contributed by atoms with Crippen LogP contribution in [-0.4, -0.2) is 83.7 Å². The molecule has 35 heavy (non-hydrogen) atoms. The number of para-hydroxylation sites is 1. The third kappa shape index (κ3) is 3.88. The second kappa shape index (κ2) is 9.76. The van der Waals surface area contributed by atoms with Crippen molar-refractivity contribution in [1.82, 2.24) is 9.80 Å². The van der Waals surface area contributed by atoms with E-state index >= 15 is 0 Å². The fraction of sp³-hybridized carbons (Fsp3) is 0.500. The van der Waals surface area contributed by atoms with Crippen LogP contribution in [0, 0.1) is 18.8 Å². The van der Waals surface area contributed by atoms with E-state index in [2.05, 4.69) is 13.2 Å². The summed E-state index contributed by atoms with van der Waals surface area (Å²) in [5, 5.41) is 10.2. The quantitative estimate of drug-likeness (QED) is 0.524. The SMILES string of the molecule is C=CCN(C)C(=O)[C@@H]1[C@H]2C(=O)N(CCO)C(C(=O)N(CC=C)c3c(C)cccc3Cl)C23CC[C@H]1O3. The van der Waals surface area contributed by atoms with Crippen molar-refractivity contribution in [2.24, 2.45) is 11.8 Å². The number of hydrogen-bond donors (Lipinski definition) is 1. The molecule has 4 rings (SSSR count). The maximum absolute atomic E-state index is 14.3. The average Bonchev–Trinajstić information content (AvgIpc) is 3.46. The summed E-state index contributed by atoms with van der Waals surface area (Å²) in [6.45, 7) is 9.53. The van der Waals surface area contributed by atoms with Gasteiger partial charge in [-0.15, -0.1) is 13.2 Å². The van der Waals surface area contributed by atoms with Crippen molar-refractivity contribution in [2.45, 2.75) is 37.5 Å². The monoisotopic (exact) mass is 501 g/mol. The first-order valence-corrected chi connectivity index (χ1v) is 12.2. The molecule has 0 radical (unpaired) electrons. The van der Waals surface area contributed by atoms with E-state index in [0.29, 0.717) is 30.1 Å². The van der Waals surface area contributed by atoms with Crippen molar-refractivity contribution in [1.29, 1.82) is 0 Å². The molecule has 8 nitrogen and oxygen atoms in total. The molecule has 2 unspecified atom stereocenters. The number of β-amino-alcohol motifs (C(OH)–C–C–N with tert-alkyl or cyclic N) is 1. The predicted molar refractivity (Wildman–Crippen MR) is 133 cm³/mol. The second-order valence-corrected chi connectivity index (χ2v) is 9.87. The summed E-state index contributed by atoms with van der Waals surface area (Å²) >= 11 is 6.52. The van der Waals surface area contributed by atoms with Crippen LogP contribution in [0.3, 0.4) is 0 Å². The molecule has 188 valence electrons. The lowest BCUT2D eigenvalue weighted by molar-refractivity contribution is -0.144. The third-order valence-corrected chi connectivity index (χ3v) is 7.78. The Labute approximate surface area is 210 Å². The van der Waals surface area contributed by atoms with Crippen LogP contribution in [0.4, 0.5) is 5.69 Å². The minimum atomic E-state index is -1.14. The molecule has 0 aliphatic carbocycles. The number of likely N-dealkylation sites (tertiary alicyclic amines) is 1. The van der Waals surface area contributed by atoms with Gasteiger partial charge in [-0.3, -0.25) is 14.4 Å². The molecule has 1 aromatic rings. The third-order valence-electron chi connectivity index (χ3n) is 7.48. The predicted octanol–water partition coefficient (Wildman–Crippen LogP) is 2.18. The molecular formula is C26H32ClN3O5. The van der Waals surface area contributed by atoms with Crippen LogP contribution in [0.5, 0.6) is 0 Å². The van der Waals surface area contributed by atoms with E-state index in [-0.39, 0.29) is 37.4 Å². The van der Waals surface area contributed by atoms with Crippen molar-refractivity contribution < 1.29 is 24.2 Å². The molecule has 1 aromatic carbocycles. The zero-order chi connectivity index (χ0) is 25.5. The van der Waals surface area contributed by atoms with Gasteiger partial charge in [0.15, 0.2) is 0 Å². The summed E-state index contributed by atoms with van der Waals surface area (Å²) in [4.78, 5) is 45.8. The van der Waals surface area contributed by atoms with Crippen molar-refractivity contribution in [2.75, 3.05) is 38.2 Å². The standard InChI is InChI=1S/C26H32ClN3O5/c1-5-12-28(4)23(32)19-18-10-11-26(35-18)20(19)24(33)30(14-15-31)22(26)25(34)29(13-6-2)21-16(3)8-7-9-17(21)27/h5-9,18-20,22,31H,1-2,10-15H2,3-4H3/t18-,19+,20+,22?,26?/m1/s1. The average molecular weight is 502 g/mol. The van der Waals surface area contributed by atoms with Crippen molar-refractivity contribution in [3.8, 4) is 0 Å². The Kier molecular flexibility index (Phi) is 7.09. The number of anilines is 1. The van der Waals surface area contributed by atoms with Gasteiger partial charge in [0.2, 0.25) is 11.8 Å². The summed E-state index contributed by atoms with van der Waals surface area (Å²) < 4.78 is 6.43. The summed E-state index contributed by atoms with van der Waals surface area (Å²) in [7, 11) is 1.67. The molecule has 0 saturated carbocycles. The van der Waals surface area contributed by atoms with Crippen LogP contribution in [0.25, 0.3) is 0 Å². The van der Waals surface area contributed by atoms with Gasteiger partial charge < -0.3 is 24.5 Å². The molecule has 3 amide bonds. The molecule has 3 aliphatic heterocycles. The van der Waals surface area contributed by atoms with Crippen LogP contribution < -0.4 is 4.90 Å². The first-order chi connectivity index (χ1) is 16.7. The Morgan fingerprint density at radius 2 is 2.00 bits per heavy atom. The number of aliphatic hydroxyl groups excluding tert-OH is 1. The minimum absolute atomic E-state index is 0.0334. The first kappa shape index (κ1) is 25.4. The normalized spacial score (nSPS) is 28.7. The Balaban J connectivity index is 1.79. The van der Waals surface area contributed by atoms with Gasteiger partial charge in [0.05, 0.1) is 35.3 Å². The van der Waals surface area contributed by atoms with Gasteiger partial charge in [-0.05, 0) is 31.4 Å². The largest absolute Gasteiger partial charge is 0.395 e. The van der Waals surface area contributed by atoms with Gasteiger partial charge in [0, 0.05) is 26.7 Å². The van der Waals surface area contributed by atoms with Gasteiger partial charge in [-0.2, -0.15) is 0 Å². The number of aryl methyl sites for hydroxylation is 1. The topological polar surface area (TPSA) is 90.4 Å². The summed E-state index contributed by atoms with van der Waals surface area (Å²) in [5.41, 5.74) is 0.203.